The zero-order valence-corrected chi connectivity index (χ0v) is 14.4. The SMILES string of the molecule is Cn1ccc(C(=O)N2CCN(S(=O)(=O)Cc3ccccc3)CC2)c1. The Morgan fingerprint density at radius 3 is 2.29 bits per heavy atom. The van der Waals surface area contributed by atoms with E-state index in [-0.39, 0.29) is 11.7 Å². The Labute approximate surface area is 142 Å². The first-order chi connectivity index (χ1) is 11.5. The van der Waals surface area contributed by atoms with Gasteiger partial charge in [0.1, 0.15) is 0 Å². The number of amides is 1. The van der Waals surface area contributed by atoms with E-state index in [1.54, 1.807) is 17.2 Å². The summed E-state index contributed by atoms with van der Waals surface area (Å²) in [4.78, 5) is 14.1. The first-order valence-electron chi connectivity index (χ1n) is 7.89. The Balaban J connectivity index is 1.61. The van der Waals surface area contributed by atoms with Crippen LogP contribution in [0.2, 0.25) is 0 Å². The summed E-state index contributed by atoms with van der Waals surface area (Å²) in [5.41, 5.74) is 1.42. The van der Waals surface area contributed by atoms with Crippen LogP contribution in [0.1, 0.15) is 15.9 Å². The molecular weight excluding hydrogens is 326 g/mol. The summed E-state index contributed by atoms with van der Waals surface area (Å²) in [6.07, 6.45) is 3.61. The molecule has 24 heavy (non-hydrogen) atoms. The largest absolute Gasteiger partial charge is 0.356 e. The van der Waals surface area contributed by atoms with E-state index in [4.69, 9.17) is 0 Å². The highest BCUT2D eigenvalue weighted by molar-refractivity contribution is 7.88. The summed E-state index contributed by atoms with van der Waals surface area (Å²) < 4.78 is 28.4. The molecule has 128 valence electrons. The number of carbonyl (C=O) groups excluding carboxylic acids is 1. The topological polar surface area (TPSA) is 62.6 Å². The summed E-state index contributed by atoms with van der Waals surface area (Å²) in [5, 5.41) is 0. The smallest absolute Gasteiger partial charge is 0.255 e. The Morgan fingerprint density at radius 1 is 1.04 bits per heavy atom. The summed E-state index contributed by atoms with van der Waals surface area (Å²) in [5.74, 6) is -0.0452. The van der Waals surface area contributed by atoms with Gasteiger partial charge in [-0.3, -0.25) is 4.79 Å². The predicted octanol–water partition coefficient (Wildman–Crippen LogP) is 1.31. The molecule has 0 saturated carbocycles. The van der Waals surface area contributed by atoms with Crippen molar-refractivity contribution in [3.05, 3.63) is 59.9 Å². The molecule has 6 nitrogen and oxygen atoms in total. The Bertz CT molecular complexity index is 807. The molecule has 0 radical (unpaired) electrons. The van der Waals surface area contributed by atoms with Crippen LogP contribution in [0.4, 0.5) is 0 Å². The van der Waals surface area contributed by atoms with Crippen molar-refractivity contribution in [1.82, 2.24) is 13.8 Å². The van der Waals surface area contributed by atoms with Crippen molar-refractivity contribution in [2.45, 2.75) is 5.75 Å². The van der Waals surface area contributed by atoms with Gasteiger partial charge in [0.25, 0.3) is 5.91 Å². The second kappa shape index (κ2) is 6.78. The molecule has 1 aromatic heterocycles. The average Bonchev–Trinajstić information content (AvgIpc) is 3.01. The first kappa shape index (κ1) is 16.7. The molecule has 7 heteroatoms. The average molecular weight is 347 g/mol. The summed E-state index contributed by atoms with van der Waals surface area (Å²) in [6, 6.07) is 10.9. The standard InChI is InChI=1S/C17H21N3O3S/c1-18-8-7-16(13-18)17(21)19-9-11-20(12-10-19)24(22,23)14-15-5-3-2-4-6-15/h2-8,13H,9-12,14H2,1H3. The van der Waals surface area contributed by atoms with Gasteiger partial charge < -0.3 is 9.47 Å². The number of benzene rings is 1. The van der Waals surface area contributed by atoms with E-state index in [1.165, 1.54) is 4.31 Å². The monoisotopic (exact) mass is 347 g/mol. The molecule has 1 amide bonds. The van der Waals surface area contributed by atoms with E-state index in [0.29, 0.717) is 31.7 Å². The number of carbonyl (C=O) groups is 1. The van der Waals surface area contributed by atoms with Crippen molar-refractivity contribution >= 4 is 15.9 Å². The summed E-state index contributed by atoms with van der Waals surface area (Å²) in [7, 11) is -1.49. The number of piperazine rings is 1. The van der Waals surface area contributed by atoms with Crippen molar-refractivity contribution in [1.29, 1.82) is 0 Å². The first-order valence-corrected chi connectivity index (χ1v) is 9.49. The third kappa shape index (κ3) is 3.68. The van der Waals surface area contributed by atoms with Gasteiger partial charge >= 0.3 is 0 Å². The summed E-state index contributed by atoms with van der Waals surface area (Å²) >= 11 is 0. The van der Waals surface area contributed by atoms with Crippen molar-refractivity contribution in [2.24, 2.45) is 7.05 Å². The van der Waals surface area contributed by atoms with Crippen LogP contribution in [0.3, 0.4) is 0 Å². The quantitative estimate of drug-likeness (QED) is 0.838. The van der Waals surface area contributed by atoms with Gasteiger partial charge in [0.2, 0.25) is 10.0 Å². The molecule has 0 atom stereocenters. The maximum Gasteiger partial charge on any atom is 0.255 e. The fraction of sp³-hybridized carbons (Fsp3) is 0.353. The maximum atomic E-state index is 12.5. The van der Waals surface area contributed by atoms with Crippen LogP contribution in [0.25, 0.3) is 0 Å². The van der Waals surface area contributed by atoms with E-state index in [2.05, 4.69) is 0 Å². The molecule has 0 N–H and O–H groups in total. The van der Waals surface area contributed by atoms with Crippen molar-refractivity contribution in [2.75, 3.05) is 26.2 Å². The van der Waals surface area contributed by atoms with Gasteiger partial charge in [0.05, 0.1) is 11.3 Å². The Morgan fingerprint density at radius 2 is 1.71 bits per heavy atom. The maximum absolute atomic E-state index is 12.5. The lowest BCUT2D eigenvalue weighted by atomic mass is 10.2. The number of rotatable bonds is 4. The molecule has 2 heterocycles. The fourth-order valence-electron chi connectivity index (χ4n) is 2.86. The van der Waals surface area contributed by atoms with Crippen LogP contribution in [0.15, 0.2) is 48.8 Å². The zero-order valence-electron chi connectivity index (χ0n) is 13.6. The number of hydrogen-bond acceptors (Lipinski definition) is 3. The number of aromatic nitrogens is 1. The molecule has 0 unspecified atom stereocenters. The van der Waals surface area contributed by atoms with Crippen LogP contribution >= 0.6 is 0 Å². The van der Waals surface area contributed by atoms with Crippen LogP contribution in [-0.2, 0) is 22.8 Å². The normalized spacial score (nSPS) is 16.3. The Hall–Kier alpha value is -2.12. The number of hydrogen-bond donors (Lipinski definition) is 0. The van der Waals surface area contributed by atoms with E-state index in [0.717, 1.165) is 5.56 Å². The minimum absolute atomic E-state index is 0.000468. The van der Waals surface area contributed by atoms with Gasteiger partial charge in [-0.1, -0.05) is 30.3 Å². The van der Waals surface area contributed by atoms with Gasteiger partial charge in [0.15, 0.2) is 0 Å². The van der Waals surface area contributed by atoms with E-state index in [1.807, 2.05) is 48.1 Å². The summed E-state index contributed by atoms with van der Waals surface area (Å²) in [6.45, 7) is 1.52. The lowest BCUT2D eigenvalue weighted by molar-refractivity contribution is 0.0698. The van der Waals surface area contributed by atoms with Crippen LogP contribution in [0.5, 0.6) is 0 Å². The lowest BCUT2D eigenvalue weighted by Crippen LogP contribution is -2.50. The third-order valence-electron chi connectivity index (χ3n) is 4.19. The van der Waals surface area contributed by atoms with Crippen molar-refractivity contribution < 1.29 is 13.2 Å². The number of sulfonamides is 1. The van der Waals surface area contributed by atoms with Crippen molar-refractivity contribution in [3.63, 3.8) is 0 Å². The molecule has 0 bridgehead atoms. The molecule has 1 aliphatic heterocycles. The molecule has 1 aromatic carbocycles. The highest BCUT2D eigenvalue weighted by Crippen LogP contribution is 2.15. The highest BCUT2D eigenvalue weighted by atomic mass is 32.2. The minimum Gasteiger partial charge on any atom is -0.356 e. The molecule has 3 rings (SSSR count). The van der Waals surface area contributed by atoms with E-state index in [9.17, 15) is 13.2 Å². The third-order valence-corrected chi connectivity index (χ3v) is 6.04. The van der Waals surface area contributed by atoms with Gasteiger partial charge in [-0.25, -0.2) is 8.42 Å². The lowest BCUT2D eigenvalue weighted by Gasteiger charge is -2.34. The van der Waals surface area contributed by atoms with Gasteiger partial charge in [-0.05, 0) is 11.6 Å². The second-order valence-corrected chi connectivity index (χ2v) is 7.97. The fourth-order valence-corrected chi connectivity index (χ4v) is 4.37. The molecule has 1 aliphatic rings. The van der Waals surface area contributed by atoms with Crippen LogP contribution in [0, 0.1) is 0 Å². The zero-order chi connectivity index (χ0) is 17.2. The van der Waals surface area contributed by atoms with Crippen LogP contribution < -0.4 is 0 Å². The molecule has 1 fully saturated rings. The number of nitrogens with zero attached hydrogens (tertiary/aromatic N) is 3. The van der Waals surface area contributed by atoms with Gasteiger partial charge in [-0.15, -0.1) is 0 Å². The molecule has 0 aliphatic carbocycles. The molecule has 2 aromatic rings. The Kier molecular flexibility index (Phi) is 4.73. The molecule has 1 saturated heterocycles. The number of aryl methyl sites for hydroxylation is 1. The van der Waals surface area contributed by atoms with E-state index >= 15 is 0 Å². The van der Waals surface area contributed by atoms with Crippen molar-refractivity contribution in [3.8, 4) is 0 Å². The molecular formula is C17H21N3O3S. The molecule has 0 spiro atoms. The van der Waals surface area contributed by atoms with Gasteiger partial charge in [0, 0.05) is 45.6 Å². The minimum atomic E-state index is -3.35. The van der Waals surface area contributed by atoms with Gasteiger partial charge in [-0.2, -0.15) is 4.31 Å². The predicted molar refractivity (Wildman–Crippen MR) is 92.0 cm³/mol. The van der Waals surface area contributed by atoms with E-state index < -0.39 is 10.0 Å². The highest BCUT2D eigenvalue weighted by Gasteiger charge is 2.29. The second-order valence-electron chi connectivity index (χ2n) is 6.00. The van der Waals surface area contributed by atoms with Crippen LogP contribution in [-0.4, -0.2) is 54.3 Å².